The van der Waals surface area contributed by atoms with Gasteiger partial charge in [-0.15, -0.1) is 0 Å². The number of carbonyl (C=O) groups is 2. The normalized spacial score (nSPS) is 20.1. The van der Waals surface area contributed by atoms with Crippen LogP contribution in [0.1, 0.15) is 6.42 Å². The van der Waals surface area contributed by atoms with Crippen molar-refractivity contribution >= 4 is 11.6 Å². The van der Waals surface area contributed by atoms with Crippen LogP contribution >= 0.6 is 0 Å². The molecular formula is C8H13NO3. The van der Waals surface area contributed by atoms with Crippen molar-refractivity contribution in [2.75, 3.05) is 33.4 Å². The van der Waals surface area contributed by atoms with Gasteiger partial charge in [0.2, 0.25) is 0 Å². The molecular weight excluding hydrogens is 158 g/mol. The third-order valence-electron chi connectivity index (χ3n) is 1.81. The second-order valence-electron chi connectivity index (χ2n) is 2.96. The van der Waals surface area contributed by atoms with E-state index >= 15 is 0 Å². The molecule has 0 aromatic carbocycles. The SMILES string of the molecule is COCCN1CC(=O)CC(=O)C1. The average molecular weight is 171 g/mol. The van der Waals surface area contributed by atoms with Gasteiger partial charge < -0.3 is 4.74 Å². The highest BCUT2D eigenvalue weighted by Crippen LogP contribution is 2.01. The number of likely N-dealkylation sites (tertiary alicyclic amines) is 1. The van der Waals surface area contributed by atoms with Gasteiger partial charge >= 0.3 is 0 Å². The summed E-state index contributed by atoms with van der Waals surface area (Å²) < 4.78 is 4.85. The number of ketones is 2. The van der Waals surface area contributed by atoms with Crippen LogP contribution in [0.5, 0.6) is 0 Å². The molecule has 1 fully saturated rings. The predicted octanol–water partition coefficient (Wildman–Crippen LogP) is -0.523. The zero-order chi connectivity index (χ0) is 8.97. The third-order valence-corrected chi connectivity index (χ3v) is 1.81. The molecule has 0 bridgehead atoms. The molecule has 1 rings (SSSR count). The van der Waals surface area contributed by atoms with E-state index in [2.05, 4.69) is 0 Å². The van der Waals surface area contributed by atoms with E-state index in [9.17, 15) is 9.59 Å². The van der Waals surface area contributed by atoms with Gasteiger partial charge in [-0.3, -0.25) is 14.5 Å². The fourth-order valence-electron chi connectivity index (χ4n) is 1.26. The lowest BCUT2D eigenvalue weighted by Crippen LogP contribution is -2.42. The summed E-state index contributed by atoms with van der Waals surface area (Å²) in [7, 11) is 1.60. The van der Waals surface area contributed by atoms with E-state index in [1.165, 1.54) is 0 Å². The Balaban J connectivity index is 2.34. The molecule has 0 spiro atoms. The minimum Gasteiger partial charge on any atom is -0.383 e. The van der Waals surface area contributed by atoms with E-state index in [4.69, 9.17) is 4.74 Å². The fourth-order valence-corrected chi connectivity index (χ4v) is 1.26. The van der Waals surface area contributed by atoms with Crippen molar-refractivity contribution in [3.8, 4) is 0 Å². The van der Waals surface area contributed by atoms with Crippen molar-refractivity contribution in [2.45, 2.75) is 6.42 Å². The molecule has 0 aliphatic carbocycles. The van der Waals surface area contributed by atoms with Gasteiger partial charge in [0.05, 0.1) is 26.1 Å². The maximum Gasteiger partial charge on any atom is 0.154 e. The minimum atomic E-state index is 0.0161. The van der Waals surface area contributed by atoms with Crippen molar-refractivity contribution in [1.82, 2.24) is 4.90 Å². The highest BCUT2D eigenvalue weighted by Gasteiger charge is 2.22. The summed E-state index contributed by atoms with van der Waals surface area (Å²) >= 11 is 0. The first-order chi connectivity index (χ1) is 5.72. The highest BCUT2D eigenvalue weighted by atomic mass is 16.5. The highest BCUT2D eigenvalue weighted by molar-refractivity contribution is 6.02. The Hall–Kier alpha value is -0.740. The number of carbonyl (C=O) groups excluding carboxylic acids is 2. The van der Waals surface area contributed by atoms with Crippen LogP contribution in [-0.4, -0.2) is 49.8 Å². The van der Waals surface area contributed by atoms with Crippen molar-refractivity contribution in [3.05, 3.63) is 0 Å². The molecule has 1 aliphatic rings. The number of hydrogen-bond donors (Lipinski definition) is 0. The number of methoxy groups -OCH3 is 1. The number of piperidine rings is 1. The quantitative estimate of drug-likeness (QED) is 0.536. The summed E-state index contributed by atoms with van der Waals surface area (Å²) in [5.41, 5.74) is 0. The smallest absolute Gasteiger partial charge is 0.154 e. The van der Waals surface area contributed by atoms with Crippen LogP contribution < -0.4 is 0 Å². The van der Waals surface area contributed by atoms with E-state index < -0.39 is 0 Å². The molecule has 1 saturated heterocycles. The van der Waals surface area contributed by atoms with Crippen molar-refractivity contribution in [1.29, 1.82) is 0 Å². The molecule has 12 heavy (non-hydrogen) atoms. The van der Waals surface area contributed by atoms with Crippen LogP contribution in [-0.2, 0) is 14.3 Å². The number of Topliss-reactive ketones (excluding diaryl/α,β-unsaturated/α-hetero) is 2. The lowest BCUT2D eigenvalue weighted by Gasteiger charge is -2.23. The van der Waals surface area contributed by atoms with Gasteiger partial charge in [0, 0.05) is 13.7 Å². The summed E-state index contributed by atoms with van der Waals surface area (Å²) in [4.78, 5) is 23.7. The molecule has 4 heteroatoms. The Morgan fingerprint density at radius 3 is 2.42 bits per heavy atom. The Morgan fingerprint density at radius 2 is 1.92 bits per heavy atom. The Kier molecular flexibility index (Phi) is 3.37. The van der Waals surface area contributed by atoms with Crippen molar-refractivity contribution in [3.63, 3.8) is 0 Å². The monoisotopic (exact) mass is 171 g/mol. The number of nitrogens with zero attached hydrogens (tertiary/aromatic N) is 1. The van der Waals surface area contributed by atoms with E-state index in [-0.39, 0.29) is 18.0 Å². The molecule has 1 heterocycles. The van der Waals surface area contributed by atoms with Crippen molar-refractivity contribution in [2.24, 2.45) is 0 Å². The number of rotatable bonds is 3. The Labute approximate surface area is 71.5 Å². The standard InChI is InChI=1S/C8H13NO3/c1-12-3-2-9-5-7(10)4-8(11)6-9/h2-6H2,1H3. The molecule has 0 saturated carbocycles. The van der Waals surface area contributed by atoms with Crippen LogP contribution in [0, 0.1) is 0 Å². The Bertz CT molecular complexity index is 175. The molecule has 0 radical (unpaired) electrons. The van der Waals surface area contributed by atoms with Gasteiger partial charge in [0.1, 0.15) is 0 Å². The van der Waals surface area contributed by atoms with Gasteiger partial charge in [0.25, 0.3) is 0 Å². The summed E-state index contributed by atoms with van der Waals surface area (Å²) in [5, 5.41) is 0. The summed E-state index contributed by atoms with van der Waals surface area (Å²) in [6.45, 7) is 2.03. The summed E-state index contributed by atoms with van der Waals surface area (Å²) in [5.74, 6) is 0.0321. The molecule has 0 aromatic rings. The first-order valence-corrected chi connectivity index (χ1v) is 3.97. The molecule has 0 aromatic heterocycles. The summed E-state index contributed by atoms with van der Waals surface area (Å²) in [6.07, 6.45) is 0.115. The van der Waals surface area contributed by atoms with Gasteiger partial charge in [-0.25, -0.2) is 0 Å². The van der Waals surface area contributed by atoms with Gasteiger partial charge in [-0.05, 0) is 0 Å². The molecule has 0 amide bonds. The van der Waals surface area contributed by atoms with Crippen LogP contribution in [0.3, 0.4) is 0 Å². The van der Waals surface area contributed by atoms with Gasteiger partial charge in [-0.2, -0.15) is 0 Å². The summed E-state index contributed by atoms with van der Waals surface area (Å²) in [6, 6.07) is 0. The van der Waals surface area contributed by atoms with Gasteiger partial charge in [0.15, 0.2) is 11.6 Å². The molecule has 0 N–H and O–H groups in total. The molecule has 1 aliphatic heterocycles. The maximum absolute atomic E-state index is 10.9. The molecule has 0 atom stereocenters. The lowest BCUT2D eigenvalue weighted by molar-refractivity contribution is -0.132. The maximum atomic E-state index is 10.9. The van der Waals surface area contributed by atoms with Crippen LogP contribution in [0.15, 0.2) is 0 Å². The first-order valence-electron chi connectivity index (χ1n) is 3.97. The Morgan fingerprint density at radius 1 is 1.33 bits per heavy atom. The second-order valence-corrected chi connectivity index (χ2v) is 2.96. The topological polar surface area (TPSA) is 46.6 Å². The molecule has 0 unspecified atom stereocenters. The van der Waals surface area contributed by atoms with Crippen LogP contribution in [0.25, 0.3) is 0 Å². The van der Waals surface area contributed by atoms with Crippen LogP contribution in [0.2, 0.25) is 0 Å². The zero-order valence-corrected chi connectivity index (χ0v) is 7.21. The average Bonchev–Trinajstić information content (AvgIpc) is 1.99. The predicted molar refractivity (Wildman–Crippen MR) is 42.9 cm³/mol. The van der Waals surface area contributed by atoms with E-state index in [1.54, 1.807) is 7.11 Å². The number of hydrogen-bond acceptors (Lipinski definition) is 4. The zero-order valence-electron chi connectivity index (χ0n) is 7.21. The van der Waals surface area contributed by atoms with E-state index in [0.29, 0.717) is 26.2 Å². The molecule has 68 valence electrons. The minimum absolute atomic E-state index is 0.0161. The van der Waals surface area contributed by atoms with E-state index in [1.807, 2.05) is 4.90 Å². The van der Waals surface area contributed by atoms with Crippen LogP contribution in [0.4, 0.5) is 0 Å². The second kappa shape index (κ2) is 4.33. The van der Waals surface area contributed by atoms with Gasteiger partial charge in [-0.1, -0.05) is 0 Å². The number of ether oxygens (including phenoxy) is 1. The lowest BCUT2D eigenvalue weighted by atomic mass is 10.1. The third kappa shape index (κ3) is 2.71. The van der Waals surface area contributed by atoms with Crippen molar-refractivity contribution < 1.29 is 14.3 Å². The largest absolute Gasteiger partial charge is 0.383 e. The molecule has 4 nitrogen and oxygen atoms in total. The fraction of sp³-hybridized carbons (Fsp3) is 0.750. The van der Waals surface area contributed by atoms with E-state index in [0.717, 1.165) is 0 Å². The first kappa shape index (κ1) is 9.35.